The number of azo groups is 1. The van der Waals surface area contributed by atoms with Crippen LogP contribution in [0.2, 0.25) is 0 Å². The molecule has 0 fully saturated rings. The lowest BCUT2D eigenvalue weighted by atomic mass is 10.1. The number of hydrogen-bond acceptors (Lipinski definition) is 15. The lowest BCUT2D eigenvalue weighted by Crippen LogP contribution is -2.34. The molecule has 0 radical (unpaired) electrons. The van der Waals surface area contributed by atoms with E-state index in [2.05, 4.69) is 35.8 Å². The van der Waals surface area contributed by atoms with Crippen LogP contribution < -0.4 is 26.0 Å². The second kappa shape index (κ2) is 13.2. The summed E-state index contributed by atoms with van der Waals surface area (Å²) in [5, 5.41) is 33.0. The first-order valence-electron chi connectivity index (χ1n) is 13.3. The van der Waals surface area contributed by atoms with Crippen molar-refractivity contribution in [3.8, 4) is 12.0 Å². The highest BCUT2D eigenvalue weighted by molar-refractivity contribution is 7.87. The molecule has 0 saturated heterocycles. The number of nitrogens with two attached hydrogens (primary N) is 1. The van der Waals surface area contributed by atoms with Gasteiger partial charge in [0.25, 0.3) is 30.4 Å². The standard InChI is InChI=1S/C26H19N9O13S3/c27-23(38)29-18-8-14(28-24-30-25(32-26(39)31-24)35-5-1-2-12(11-35)22(36)37)3-4-17(18)33-34-19-10-16-13(7-21(19)51(46,47)48)6-15(49(40,41)42)9-20(16)50(43,44)45/h1-11H,(H8-,27,28,29,30,31,32,34,36,37,38,39,40,41,42,43,44,45,46,47,48). The summed E-state index contributed by atoms with van der Waals surface area (Å²) in [6.45, 7) is 0. The fraction of sp³-hybridized carbons (Fsp3) is 0. The second-order valence-corrected chi connectivity index (χ2v) is 14.2. The normalized spacial score (nSPS) is 12.2. The molecule has 5 aromatic rings. The molecule has 5 rings (SSSR count). The summed E-state index contributed by atoms with van der Waals surface area (Å²) in [7, 11) is -15.5. The molecule has 2 amide bonds. The summed E-state index contributed by atoms with van der Waals surface area (Å²) >= 11 is 0. The van der Waals surface area contributed by atoms with Gasteiger partial charge in [0.2, 0.25) is 0 Å². The molecule has 0 unspecified atom stereocenters. The van der Waals surface area contributed by atoms with Crippen molar-refractivity contribution in [2.45, 2.75) is 14.7 Å². The van der Waals surface area contributed by atoms with E-state index in [0.29, 0.717) is 18.2 Å². The summed E-state index contributed by atoms with van der Waals surface area (Å²) in [6.07, 6.45) is 2.53. The maximum atomic E-state index is 12.3. The quantitative estimate of drug-likeness (QED) is 0.0601. The zero-order valence-electron chi connectivity index (χ0n) is 24.8. The average Bonchev–Trinajstić information content (AvgIpc) is 3.01. The molecular formula is C26H19N9O13S3. The summed E-state index contributed by atoms with van der Waals surface area (Å²) in [5.74, 6) is -1.82. The molecule has 0 bridgehead atoms. The minimum atomic E-state index is -5.21. The molecule has 25 heteroatoms. The van der Waals surface area contributed by atoms with Crippen LogP contribution in [-0.4, -0.2) is 71.0 Å². The number of primary amides is 1. The van der Waals surface area contributed by atoms with Crippen molar-refractivity contribution in [3.05, 3.63) is 72.6 Å². The number of pyridine rings is 1. The van der Waals surface area contributed by atoms with Crippen LogP contribution in [0.1, 0.15) is 10.4 Å². The van der Waals surface area contributed by atoms with E-state index < -0.39 is 79.5 Å². The third kappa shape index (κ3) is 8.32. The Morgan fingerprint density at radius 2 is 1.51 bits per heavy atom. The second-order valence-electron chi connectivity index (χ2n) is 9.98. The van der Waals surface area contributed by atoms with Crippen LogP contribution in [0.5, 0.6) is 6.01 Å². The van der Waals surface area contributed by atoms with Crippen molar-refractivity contribution >= 4 is 81.8 Å². The summed E-state index contributed by atoms with van der Waals surface area (Å²) in [5.41, 5.74) is 4.08. The lowest BCUT2D eigenvalue weighted by Gasteiger charge is -2.11. The number of anilines is 3. The van der Waals surface area contributed by atoms with Gasteiger partial charge in [-0.25, -0.2) is 14.2 Å². The molecule has 0 atom stereocenters. The minimum absolute atomic E-state index is 0.0929. The molecular weight excluding hydrogens is 743 g/mol. The van der Waals surface area contributed by atoms with Gasteiger partial charge in [0.05, 0.1) is 28.5 Å². The van der Waals surface area contributed by atoms with Crippen molar-refractivity contribution in [2.24, 2.45) is 16.0 Å². The van der Waals surface area contributed by atoms with Crippen molar-refractivity contribution in [1.82, 2.24) is 15.0 Å². The number of amides is 2. The smallest absolute Gasteiger partial charge is 0.441 e. The highest BCUT2D eigenvalue weighted by atomic mass is 32.2. The number of urea groups is 1. The van der Waals surface area contributed by atoms with Crippen molar-refractivity contribution < 1.29 is 63.3 Å². The van der Waals surface area contributed by atoms with Gasteiger partial charge in [0.15, 0.2) is 6.01 Å². The highest BCUT2D eigenvalue weighted by Gasteiger charge is 2.25. The third-order valence-electron chi connectivity index (χ3n) is 6.48. The van der Waals surface area contributed by atoms with E-state index >= 15 is 0 Å². The van der Waals surface area contributed by atoms with Gasteiger partial charge in [-0.2, -0.15) is 30.2 Å². The summed E-state index contributed by atoms with van der Waals surface area (Å²) in [4.78, 5) is 31.4. The van der Waals surface area contributed by atoms with Crippen LogP contribution in [-0.2, 0) is 30.4 Å². The fourth-order valence-corrected chi connectivity index (χ4v) is 6.37. The Kier molecular flexibility index (Phi) is 9.35. The van der Waals surface area contributed by atoms with Gasteiger partial charge in [-0.05, 0) is 65.0 Å². The van der Waals surface area contributed by atoms with Crippen molar-refractivity contribution in [3.63, 3.8) is 0 Å². The molecule has 264 valence electrons. The van der Waals surface area contributed by atoms with Crippen LogP contribution in [0, 0.1) is 0 Å². The van der Waals surface area contributed by atoms with Gasteiger partial charge in [-0.15, -0.1) is 10.2 Å². The Morgan fingerprint density at radius 3 is 2.14 bits per heavy atom. The van der Waals surface area contributed by atoms with Gasteiger partial charge >= 0.3 is 23.9 Å². The van der Waals surface area contributed by atoms with Gasteiger partial charge in [0.1, 0.15) is 21.2 Å². The summed E-state index contributed by atoms with van der Waals surface area (Å²) in [6, 6.07) is 6.67. The predicted octanol–water partition coefficient (Wildman–Crippen LogP) is 1.46. The number of carboxylic acid groups (broad SMARTS) is 1. The first-order chi connectivity index (χ1) is 23.7. The molecule has 2 aromatic heterocycles. The van der Waals surface area contributed by atoms with E-state index in [1.807, 2.05) is 0 Å². The molecule has 0 saturated carbocycles. The largest absolute Gasteiger partial charge is 0.831 e. The average molecular weight is 762 g/mol. The molecule has 3 aromatic carbocycles. The van der Waals surface area contributed by atoms with E-state index in [1.165, 1.54) is 36.5 Å². The van der Waals surface area contributed by atoms with Gasteiger partial charge in [-0.1, -0.05) is 4.98 Å². The number of aromatic carboxylic acids is 1. The molecule has 51 heavy (non-hydrogen) atoms. The number of carbonyl (C=O) groups is 2. The van der Waals surface area contributed by atoms with Crippen molar-refractivity contribution in [1.29, 1.82) is 0 Å². The maximum Gasteiger partial charge on any atom is 0.441 e. The molecule has 8 N–H and O–H groups in total. The van der Waals surface area contributed by atoms with Crippen molar-refractivity contribution in [2.75, 3.05) is 10.6 Å². The van der Waals surface area contributed by atoms with Crippen LogP contribution in [0.4, 0.5) is 33.5 Å². The monoisotopic (exact) mass is 761 g/mol. The number of nitrogens with one attached hydrogen (secondary N) is 2. The van der Waals surface area contributed by atoms with Crippen LogP contribution >= 0.6 is 0 Å². The molecule has 0 aliphatic carbocycles. The van der Waals surface area contributed by atoms with E-state index in [1.54, 1.807) is 0 Å². The van der Waals surface area contributed by atoms with Gasteiger partial charge in [0, 0.05) is 11.1 Å². The first kappa shape index (κ1) is 36.0. The Labute approximate surface area is 285 Å². The first-order valence-corrected chi connectivity index (χ1v) is 17.6. The maximum absolute atomic E-state index is 12.3. The molecule has 22 nitrogen and oxygen atoms in total. The molecule has 0 aliphatic heterocycles. The summed E-state index contributed by atoms with van der Waals surface area (Å²) < 4.78 is 102. The zero-order chi connectivity index (χ0) is 37.5. The number of aromatic nitrogens is 4. The minimum Gasteiger partial charge on any atom is -0.831 e. The zero-order valence-corrected chi connectivity index (χ0v) is 27.2. The lowest BCUT2D eigenvalue weighted by molar-refractivity contribution is -0.604. The topological polar surface area (TPSA) is 358 Å². The highest BCUT2D eigenvalue weighted by Crippen LogP contribution is 2.37. The number of fused-ring (bicyclic) bond motifs is 1. The third-order valence-corrected chi connectivity index (χ3v) is 9.09. The Morgan fingerprint density at radius 1 is 0.824 bits per heavy atom. The van der Waals surface area contributed by atoms with E-state index in [-0.39, 0.29) is 34.5 Å². The van der Waals surface area contributed by atoms with Crippen LogP contribution in [0.3, 0.4) is 0 Å². The van der Waals surface area contributed by atoms with E-state index in [9.17, 15) is 58.7 Å². The number of carbonyl (C=O) groups excluding carboxylic acids is 1. The Bertz CT molecular complexity index is 2650. The SMILES string of the molecule is NC(=O)Nc1cc(Nc2nc([O-])nc(-[n+]3cccc(C(=O)O)c3)n2)ccc1N=Nc1cc2c(S(=O)(=O)O)cc(S(=O)(=O)O)cc2cc1S(=O)(=O)O. The van der Waals surface area contributed by atoms with E-state index in [4.69, 9.17) is 5.73 Å². The molecule has 0 spiro atoms. The van der Waals surface area contributed by atoms with Crippen LogP contribution in [0.15, 0.2) is 91.9 Å². The predicted molar refractivity (Wildman–Crippen MR) is 168 cm³/mol. The van der Waals surface area contributed by atoms with Crippen LogP contribution in [0.25, 0.3) is 16.7 Å². The molecule has 0 aliphatic rings. The van der Waals surface area contributed by atoms with Gasteiger partial charge < -0.3 is 26.6 Å². The van der Waals surface area contributed by atoms with Gasteiger partial charge in [-0.3, -0.25) is 13.7 Å². The number of hydrogen-bond donors (Lipinski definition) is 7. The number of carboxylic acids is 1. The number of benzene rings is 3. The number of rotatable bonds is 10. The molecule has 2 heterocycles. The Hall–Kier alpha value is -6.25. The number of nitrogens with zero attached hydrogens (tertiary/aromatic N) is 6. The fourth-order valence-electron chi connectivity index (χ4n) is 4.38. The van der Waals surface area contributed by atoms with E-state index in [0.717, 1.165) is 16.8 Å². The Balaban J connectivity index is 1.58.